The maximum atomic E-state index is 4.82. The van der Waals surface area contributed by atoms with Gasteiger partial charge in [0.15, 0.2) is 0 Å². The van der Waals surface area contributed by atoms with Crippen molar-refractivity contribution in [3.8, 4) is 10.6 Å². The van der Waals surface area contributed by atoms with E-state index >= 15 is 0 Å². The Morgan fingerprint density at radius 2 is 2.12 bits per heavy atom. The van der Waals surface area contributed by atoms with Gasteiger partial charge in [-0.25, -0.2) is 14.0 Å². The number of fused-ring (bicyclic) bond motifs is 2. The summed E-state index contributed by atoms with van der Waals surface area (Å²) in [6.45, 7) is 4.18. The normalized spacial score (nSPS) is 16.4. The molecule has 1 saturated heterocycles. The molecule has 0 atom stereocenters. The summed E-state index contributed by atoms with van der Waals surface area (Å²) in [6, 6.07) is 4.16. The van der Waals surface area contributed by atoms with Crippen LogP contribution in [0.25, 0.3) is 21.0 Å². The summed E-state index contributed by atoms with van der Waals surface area (Å²) < 4.78 is 3.75. The van der Waals surface area contributed by atoms with Crippen LogP contribution in [0.3, 0.4) is 0 Å². The molecule has 0 unspecified atom stereocenters. The molecule has 4 aromatic heterocycles. The molecule has 1 aliphatic rings. The maximum Gasteiger partial charge on any atom is 0.212 e. The zero-order valence-corrected chi connectivity index (χ0v) is 14.1. The average molecular weight is 339 g/mol. The fourth-order valence-corrected chi connectivity index (χ4v) is 4.25. The Morgan fingerprint density at radius 1 is 1.25 bits per heavy atom. The van der Waals surface area contributed by atoms with E-state index in [4.69, 9.17) is 10.1 Å². The van der Waals surface area contributed by atoms with Crippen LogP contribution in [0.4, 0.5) is 0 Å². The number of nitrogens with zero attached hydrogens (tertiary/aromatic N) is 6. The topological polar surface area (TPSA) is 72.4 Å². The molecule has 1 fully saturated rings. The minimum Gasteiger partial charge on any atom is -0.317 e. The predicted octanol–water partition coefficient (Wildman–Crippen LogP) is 2.28. The van der Waals surface area contributed by atoms with Crippen LogP contribution in [0.2, 0.25) is 0 Å². The molecule has 0 saturated carbocycles. The van der Waals surface area contributed by atoms with Crippen molar-refractivity contribution in [1.29, 1.82) is 0 Å². The molecule has 0 spiro atoms. The fourth-order valence-electron chi connectivity index (χ4n) is 3.37. The van der Waals surface area contributed by atoms with Gasteiger partial charge in [0, 0.05) is 17.2 Å². The first-order valence-electron chi connectivity index (χ1n) is 8.16. The van der Waals surface area contributed by atoms with Crippen LogP contribution in [0.5, 0.6) is 0 Å². The van der Waals surface area contributed by atoms with Crippen LogP contribution in [-0.2, 0) is 0 Å². The molecule has 7 nitrogen and oxygen atoms in total. The van der Waals surface area contributed by atoms with Crippen LogP contribution in [0.1, 0.15) is 30.1 Å². The Bertz CT molecular complexity index is 990. The molecule has 1 aliphatic heterocycles. The van der Waals surface area contributed by atoms with E-state index < -0.39 is 0 Å². The van der Waals surface area contributed by atoms with Crippen molar-refractivity contribution >= 4 is 21.8 Å². The molecule has 8 heteroatoms. The third kappa shape index (κ3) is 2.22. The average Bonchev–Trinajstić information content (AvgIpc) is 3.29. The van der Waals surface area contributed by atoms with E-state index in [2.05, 4.69) is 34.0 Å². The third-order valence-electron chi connectivity index (χ3n) is 4.64. The van der Waals surface area contributed by atoms with Gasteiger partial charge in [0.1, 0.15) is 5.01 Å². The van der Waals surface area contributed by atoms with E-state index in [1.54, 1.807) is 17.5 Å². The van der Waals surface area contributed by atoms with Crippen molar-refractivity contribution < 1.29 is 0 Å². The van der Waals surface area contributed by atoms with E-state index in [-0.39, 0.29) is 0 Å². The van der Waals surface area contributed by atoms with Gasteiger partial charge in [0.25, 0.3) is 0 Å². The zero-order valence-electron chi connectivity index (χ0n) is 13.3. The van der Waals surface area contributed by atoms with Crippen molar-refractivity contribution in [3.63, 3.8) is 0 Å². The lowest BCUT2D eigenvalue weighted by atomic mass is 9.95. The highest BCUT2D eigenvalue weighted by molar-refractivity contribution is 7.19. The van der Waals surface area contributed by atoms with Gasteiger partial charge in [0.2, 0.25) is 4.96 Å². The lowest BCUT2D eigenvalue weighted by Crippen LogP contribution is -2.26. The van der Waals surface area contributed by atoms with E-state index in [1.807, 2.05) is 16.0 Å². The monoisotopic (exact) mass is 339 g/mol. The Hall–Kier alpha value is -2.32. The molecule has 0 bridgehead atoms. The number of rotatable bonds is 2. The van der Waals surface area contributed by atoms with Gasteiger partial charge >= 0.3 is 0 Å². The van der Waals surface area contributed by atoms with Crippen LogP contribution < -0.4 is 5.32 Å². The Morgan fingerprint density at radius 3 is 2.96 bits per heavy atom. The van der Waals surface area contributed by atoms with E-state index in [0.29, 0.717) is 5.92 Å². The predicted molar refractivity (Wildman–Crippen MR) is 92.4 cm³/mol. The van der Waals surface area contributed by atoms with Crippen molar-refractivity contribution in [2.75, 3.05) is 13.1 Å². The molecular weight excluding hydrogens is 322 g/mol. The summed E-state index contributed by atoms with van der Waals surface area (Å²) in [7, 11) is 0. The van der Waals surface area contributed by atoms with Crippen molar-refractivity contribution in [3.05, 3.63) is 35.9 Å². The molecule has 0 amide bonds. The number of aryl methyl sites for hydroxylation is 1. The Labute approximate surface area is 142 Å². The van der Waals surface area contributed by atoms with Gasteiger partial charge in [-0.15, -0.1) is 5.10 Å². The van der Waals surface area contributed by atoms with Gasteiger partial charge in [0.05, 0.1) is 23.6 Å². The summed E-state index contributed by atoms with van der Waals surface area (Å²) in [5.74, 6) is 0.556. The molecule has 1 N–H and O–H groups in total. The van der Waals surface area contributed by atoms with Crippen LogP contribution in [0.15, 0.2) is 24.5 Å². The first kappa shape index (κ1) is 14.1. The second kappa shape index (κ2) is 5.35. The quantitative estimate of drug-likeness (QED) is 0.606. The SMILES string of the molecule is Cc1cc(-c2nn3cc(C4CCNCC4)nc3s2)cc2cnnn12. The third-order valence-corrected chi connectivity index (χ3v) is 5.62. The minimum absolute atomic E-state index is 0.556. The molecule has 5 heterocycles. The van der Waals surface area contributed by atoms with Gasteiger partial charge in [-0.05, 0) is 45.0 Å². The molecule has 0 aromatic carbocycles. The Kier molecular flexibility index (Phi) is 3.14. The molecule has 24 heavy (non-hydrogen) atoms. The number of aromatic nitrogens is 6. The molecule has 0 radical (unpaired) electrons. The van der Waals surface area contributed by atoms with Crippen LogP contribution in [0, 0.1) is 6.92 Å². The Balaban J connectivity index is 1.53. The molecule has 4 aromatic rings. The number of imidazole rings is 1. The minimum atomic E-state index is 0.556. The first-order valence-corrected chi connectivity index (χ1v) is 8.98. The summed E-state index contributed by atoms with van der Waals surface area (Å²) in [6.07, 6.45) is 6.17. The zero-order chi connectivity index (χ0) is 16.1. The highest BCUT2D eigenvalue weighted by Crippen LogP contribution is 2.30. The van der Waals surface area contributed by atoms with Gasteiger partial charge < -0.3 is 5.32 Å². The van der Waals surface area contributed by atoms with E-state index in [9.17, 15) is 0 Å². The number of nitrogens with one attached hydrogen (secondary N) is 1. The van der Waals surface area contributed by atoms with E-state index in [0.717, 1.165) is 52.7 Å². The molecular formula is C16H17N7S. The summed E-state index contributed by atoms with van der Waals surface area (Å²) in [4.78, 5) is 5.78. The lowest BCUT2D eigenvalue weighted by molar-refractivity contribution is 0.454. The summed E-state index contributed by atoms with van der Waals surface area (Å²) >= 11 is 1.63. The summed E-state index contributed by atoms with van der Waals surface area (Å²) in [5, 5.41) is 17.2. The van der Waals surface area contributed by atoms with Crippen LogP contribution >= 0.6 is 11.3 Å². The number of hydrogen-bond donors (Lipinski definition) is 1. The standard InChI is InChI=1S/C16H17N7S/c1-10-6-12(7-13-8-18-21-23(10)13)15-20-22-9-14(19-16(22)24-15)11-2-4-17-5-3-11/h6-9,11,17H,2-5H2,1H3. The highest BCUT2D eigenvalue weighted by Gasteiger charge is 2.20. The van der Waals surface area contributed by atoms with Crippen molar-refractivity contribution in [2.24, 2.45) is 0 Å². The number of pyridine rings is 1. The van der Waals surface area contributed by atoms with Crippen LogP contribution in [-0.4, -0.2) is 42.5 Å². The van der Waals surface area contributed by atoms with E-state index in [1.165, 1.54) is 5.69 Å². The van der Waals surface area contributed by atoms with Gasteiger partial charge in [-0.2, -0.15) is 5.10 Å². The van der Waals surface area contributed by atoms with Gasteiger partial charge in [-0.3, -0.25) is 0 Å². The molecule has 122 valence electrons. The lowest BCUT2D eigenvalue weighted by Gasteiger charge is -2.20. The number of piperidine rings is 1. The second-order valence-electron chi connectivity index (χ2n) is 6.28. The number of hydrogen-bond acceptors (Lipinski definition) is 6. The maximum absolute atomic E-state index is 4.82. The van der Waals surface area contributed by atoms with Crippen molar-refractivity contribution in [2.45, 2.75) is 25.7 Å². The first-order chi connectivity index (χ1) is 11.8. The van der Waals surface area contributed by atoms with Gasteiger partial charge in [-0.1, -0.05) is 16.6 Å². The largest absolute Gasteiger partial charge is 0.317 e. The smallest absolute Gasteiger partial charge is 0.212 e. The highest BCUT2D eigenvalue weighted by atomic mass is 32.1. The summed E-state index contributed by atoms with van der Waals surface area (Å²) in [5.41, 5.74) is 4.28. The van der Waals surface area contributed by atoms with Crippen molar-refractivity contribution in [1.82, 2.24) is 34.7 Å². The second-order valence-corrected chi connectivity index (χ2v) is 7.24. The fraction of sp³-hybridized carbons (Fsp3) is 0.375. The molecule has 0 aliphatic carbocycles. The molecule has 5 rings (SSSR count).